The van der Waals surface area contributed by atoms with Crippen LogP contribution in [0.3, 0.4) is 0 Å². The summed E-state index contributed by atoms with van der Waals surface area (Å²) in [5, 5.41) is 10.9. The van der Waals surface area contributed by atoms with E-state index >= 15 is 0 Å². The summed E-state index contributed by atoms with van der Waals surface area (Å²) in [7, 11) is 0. The maximum atomic E-state index is 12.8. The number of carbonyl (C=O) groups excluding carboxylic acids is 1. The van der Waals surface area contributed by atoms with Gasteiger partial charge in [0.05, 0.1) is 10.8 Å². The minimum absolute atomic E-state index is 0.00792. The van der Waals surface area contributed by atoms with E-state index in [0.29, 0.717) is 0 Å². The minimum Gasteiger partial charge on any atom is -0.461 e. The van der Waals surface area contributed by atoms with E-state index in [4.69, 9.17) is 4.74 Å². The van der Waals surface area contributed by atoms with Crippen molar-refractivity contribution in [1.82, 2.24) is 4.90 Å². The highest BCUT2D eigenvalue weighted by molar-refractivity contribution is 5.76. The van der Waals surface area contributed by atoms with E-state index in [1.165, 1.54) is 11.1 Å². The van der Waals surface area contributed by atoms with Crippen molar-refractivity contribution in [3.05, 3.63) is 57.7 Å². The second-order valence-corrected chi connectivity index (χ2v) is 9.99. The second-order valence-electron chi connectivity index (χ2n) is 9.99. The summed E-state index contributed by atoms with van der Waals surface area (Å²) in [5.74, 6) is 0.0240. The Labute approximate surface area is 188 Å². The Hall–Kier alpha value is -2.67. The number of allylic oxidation sites excluding steroid dienone is 3. The van der Waals surface area contributed by atoms with Crippen LogP contribution in [0.5, 0.6) is 0 Å². The molecule has 0 aromatic heterocycles. The Morgan fingerprint density at radius 3 is 2.59 bits per heavy atom. The minimum atomic E-state index is -0.372. The zero-order chi connectivity index (χ0) is 22.5. The van der Waals surface area contributed by atoms with Gasteiger partial charge in [-0.2, -0.15) is 0 Å². The molecule has 1 aromatic rings. The first-order chi connectivity index (χ1) is 15.3. The molecule has 4 atom stereocenters. The average Bonchev–Trinajstić information content (AvgIpc) is 3.06. The molecule has 170 valence electrons. The van der Waals surface area contributed by atoms with E-state index in [1.807, 2.05) is 12.1 Å². The summed E-state index contributed by atoms with van der Waals surface area (Å²) in [4.78, 5) is 27.9. The number of piperazine rings is 1. The Morgan fingerprint density at radius 1 is 1.19 bits per heavy atom. The lowest BCUT2D eigenvalue weighted by atomic mass is 9.62. The number of rotatable bonds is 4. The molecule has 2 aliphatic carbocycles. The number of nitro groups is 1. The maximum absolute atomic E-state index is 12.8. The summed E-state index contributed by atoms with van der Waals surface area (Å²) in [6, 6.07) is 6.75. The molecule has 2 saturated heterocycles. The van der Waals surface area contributed by atoms with Gasteiger partial charge in [-0.05, 0) is 49.3 Å². The van der Waals surface area contributed by atoms with Crippen LogP contribution in [0.15, 0.2) is 47.6 Å². The topological polar surface area (TPSA) is 75.9 Å². The monoisotopic (exact) mass is 437 g/mol. The van der Waals surface area contributed by atoms with Crippen LogP contribution in [-0.4, -0.2) is 54.6 Å². The molecule has 2 heterocycles. The lowest BCUT2D eigenvalue weighted by molar-refractivity contribution is -0.384. The number of nitro benzene ring substituents is 1. The van der Waals surface area contributed by atoms with Crippen LogP contribution in [0.1, 0.15) is 33.1 Å². The van der Waals surface area contributed by atoms with Crippen molar-refractivity contribution in [2.45, 2.75) is 39.2 Å². The third kappa shape index (κ3) is 3.72. The summed E-state index contributed by atoms with van der Waals surface area (Å²) in [6.45, 7) is 8.68. The van der Waals surface area contributed by atoms with Gasteiger partial charge in [0.15, 0.2) is 0 Å². The van der Waals surface area contributed by atoms with Gasteiger partial charge in [-0.3, -0.25) is 19.8 Å². The molecule has 2 aliphatic heterocycles. The van der Waals surface area contributed by atoms with E-state index in [2.05, 4.69) is 35.8 Å². The van der Waals surface area contributed by atoms with Crippen LogP contribution in [0.25, 0.3) is 0 Å². The number of non-ortho nitro benzene ring substituents is 1. The molecule has 5 rings (SSSR count). The molecule has 0 spiro atoms. The first kappa shape index (κ1) is 21.2. The largest absolute Gasteiger partial charge is 0.461 e. The van der Waals surface area contributed by atoms with Crippen LogP contribution in [0.2, 0.25) is 0 Å². The van der Waals surface area contributed by atoms with E-state index in [1.54, 1.807) is 12.1 Å². The maximum Gasteiger partial charge on any atom is 0.311 e. The third-order valence-corrected chi connectivity index (χ3v) is 7.95. The fraction of sp³-hybridized carbons (Fsp3) is 0.560. The Bertz CT molecular complexity index is 977. The fourth-order valence-corrected chi connectivity index (χ4v) is 6.09. The molecule has 7 nitrogen and oxygen atoms in total. The number of esters is 1. The van der Waals surface area contributed by atoms with Crippen molar-refractivity contribution in [3.8, 4) is 0 Å². The van der Waals surface area contributed by atoms with Gasteiger partial charge in [-0.25, -0.2) is 0 Å². The van der Waals surface area contributed by atoms with Gasteiger partial charge in [0.25, 0.3) is 5.69 Å². The van der Waals surface area contributed by atoms with Gasteiger partial charge in [-0.15, -0.1) is 0 Å². The summed E-state index contributed by atoms with van der Waals surface area (Å²) in [6.07, 6.45) is 7.87. The van der Waals surface area contributed by atoms with Crippen LogP contribution in [0.4, 0.5) is 11.4 Å². The highest BCUT2D eigenvalue weighted by atomic mass is 16.6. The molecule has 4 aliphatic rings. The van der Waals surface area contributed by atoms with Crippen molar-refractivity contribution >= 4 is 17.3 Å². The molecule has 1 aromatic carbocycles. The predicted molar refractivity (Wildman–Crippen MR) is 122 cm³/mol. The molecule has 0 radical (unpaired) electrons. The van der Waals surface area contributed by atoms with Gasteiger partial charge in [-0.1, -0.05) is 24.6 Å². The molecular formula is C25H31N3O4. The number of anilines is 1. The number of benzene rings is 1. The van der Waals surface area contributed by atoms with Gasteiger partial charge in [0.2, 0.25) is 0 Å². The van der Waals surface area contributed by atoms with Crippen LogP contribution < -0.4 is 4.90 Å². The van der Waals surface area contributed by atoms with E-state index in [-0.39, 0.29) is 39.9 Å². The van der Waals surface area contributed by atoms with Crippen molar-refractivity contribution in [2.24, 2.45) is 17.3 Å². The smallest absolute Gasteiger partial charge is 0.311 e. The quantitative estimate of drug-likeness (QED) is 0.403. The molecule has 32 heavy (non-hydrogen) atoms. The van der Waals surface area contributed by atoms with Crippen molar-refractivity contribution < 1.29 is 14.5 Å². The van der Waals surface area contributed by atoms with E-state index in [9.17, 15) is 14.9 Å². The van der Waals surface area contributed by atoms with Crippen molar-refractivity contribution in [1.29, 1.82) is 0 Å². The Morgan fingerprint density at radius 2 is 1.91 bits per heavy atom. The lowest BCUT2D eigenvalue weighted by Crippen LogP contribution is -2.49. The molecule has 0 bridgehead atoms. The lowest BCUT2D eigenvalue weighted by Gasteiger charge is -2.43. The average molecular weight is 438 g/mol. The Kier molecular flexibility index (Phi) is 5.32. The molecule has 2 fully saturated rings. The predicted octanol–water partition coefficient (Wildman–Crippen LogP) is 3.95. The number of carbonyl (C=O) groups is 1. The van der Waals surface area contributed by atoms with Gasteiger partial charge >= 0.3 is 5.97 Å². The van der Waals surface area contributed by atoms with E-state index < -0.39 is 0 Å². The first-order valence-electron chi connectivity index (χ1n) is 11.7. The number of fused-ring (bicyclic) bond motifs is 2. The van der Waals surface area contributed by atoms with Gasteiger partial charge in [0, 0.05) is 56.5 Å². The standard InChI is InChI=1S/C25H31N3O4/c1-17-4-3-9-25(2)15-23-20(14-22(17)25)21(24(29)32-23)16-26-10-12-27(13-11-26)18-5-7-19(8-6-18)28(30)31/h4-8,14,20-21,23H,3,9-13,15-16H2,1-2H3. The SMILES string of the molecule is CC1=CCCC2(C)CC3OC(=O)C(CN4CCN(c5ccc([N+](=O)[O-])cc5)CC4)C3C=C12. The normalized spacial score (nSPS) is 32.5. The van der Waals surface area contributed by atoms with Crippen LogP contribution >= 0.6 is 0 Å². The van der Waals surface area contributed by atoms with Crippen molar-refractivity contribution in [3.63, 3.8) is 0 Å². The molecule has 4 unspecified atom stereocenters. The van der Waals surface area contributed by atoms with Crippen LogP contribution in [-0.2, 0) is 9.53 Å². The zero-order valence-corrected chi connectivity index (χ0v) is 18.8. The highest BCUT2D eigenvalue weighted by Crippen LogP contribution is 2.52. The summed E-state index contributed by atoms with van der Waals surface area (Å²) < 4.78 is 5.89. The molecule has 0 saturated carbocycles. The molecular weight excluding hydrogens is 406 g/mol. The molecule has 7 heteroatoms. The summed E-state index contributed by atoms with van der Waals surface area (Å²) in [5.41, 5.74) is 4.04. The number of nitrogens with zero attached hydrogens (tertiary/aromatic N) is 3. The van der Waals surface area contributed by atoms with Gasteiger partial charge in [0.1, 0.15) is 6.10 Å². The Balaban J connectivity index is 1.24. The zero-order valence-electron chi connectivity index (χ0n) is 18.8. The molecule has 0 amide bonds. The first-order valence-corrected chi connectivity index (χ1v) is 11.7. The number of hydrogen-bond acceptors (Lipinski definition) is 6. The molecule has 0 N–H and O–H groups in total. The van der Waals surface area contributed by atoms with Gasteiger partial charge < -0.3 is 9.64 Å². The number of hydrogen-bond donors (Lipinski definition) is 0. The number of ether oxygens (including phenoxy) is 1. The fourth-order valence-electron chi connectivity index (χ4n) is 6.09. The van der Waals surface area contributed by atoms with Crippen molar-refractivity contribution in [2.75, 3.05) is 37.6 Å². The van der Waals surface area contributed by atoms with Crippen LogP contribution in [0, 0.1) is 27.4 Å². The highest BCUT2D eigenvalue weighted by Gasteiger charge is 2.51. The summed E-state index contributed by atoms with van der Waals surface area (Å²) >= 11 is 0. The van der Waals surface area contributed by atoms with E-state index in [0.717, 1.165) is 57.7 Å². The second kappa shape index (κ2) is 8.03. The third-order valence-electron chi connectivity index (χ3n) is 7.95.